The zero-order chi connectivity index (χ0) is 18.6. The number of ether oxygens (including phenoxy) is 1. The first-order chi connectivity index (χ1) is 12.6. The lowest BCUT2D eigenvalue weighted by atomic mass is 9.88. The zero-order valence-corrected chi connectivity index (χ0v) is 16.7. The number of nitrogens with one attached hydrogen (secondary N) is 1. The smallest absolute Gasteiger partial charge is 0.160 e. The molecule has 3 rings (SSSR count). The molecule has 2 atom stereocenters. The van der Waals surface area contributed by atoms with Crippen molar-refractivity contribution in [3.63, 3.8) is 0 Å². The number of fused-ring (bicyclic) bond motifs is 1. The van der Waals surface area contributed by atoms with Gasteiger partial charge in [-0.2, -0.15) is 0 Å². The van der Waals surface area contributed by atoms with Crippen LogP contribution in [0.3, 0.4) is 0 Å². The minimum atomic E-state index is 0.0864. The van der Waals surface area contributed by atoms with Gasteiger partial charge in [-0.1, -0.05) is 57.0 Å². The Hall–Kier alpha value is -1.65. The largest absolute Gasteiger partial charge is 0.504 e. The summed E-state index contributed by atoms with van der Waals surface area (Å²) >= 11 is 1.85. The summed E-state index contributed by atoms with van der Waals surface area (Å²) in [6, 6.07) is 14.5. The molecular formula is C22H29NO2S. The second kappa shape index (κ2) is 8.36. The van der Waals surface area contributed by atoms with E-state index in [0.717, 1.165) is 23.5 Å². The molecule has 1 aliphatic rings. The molecule has 0 spiro atoms. The maximum atomic E-state index is 10.3. The van der Waals surface area contributed by atoms with E-state index < -0.39 is 0 Å². The quantitative estimate of drug-likeness (QED) is 0.701. The highest BCUT2D eigenvalue weighted by Crippen LogP contribution is 2.44. The van der Waals surface area contributed by atoms with Crippen molar-refractivity contribution in [2.45, 2.75) is 56.0 Å². The van der Waals surface area contributed by atoms with E-state index in [1.165, 1.54) is 24.0 Å². The fraction of sp³-hybridized carbons (Fsp3) is 0.455. The number of unbranched alkanes of at least 4 members (excludes halogenated alkanes) is 1. The Balaban J connectivity index is 2.09. The average molecular weight is 372 g/mol. The fourth-order valence-corrected chi connectivity index (χ4v) is 5.07. The van der Waals surface area contributed by atoms with Gasteiger partial charge in [-0.3, -0.25) is 5.32 Å². The molecule has 4 heteroatoms. The molecule has 0 aliphatic carbocycles. The van der Waals surface area contributed by atoms with Gasteiger partial charge in [0.15, 0.2) is 11.5 Å². The predicted molar refractivity (Wildman–Crippen MR) is 109 cm³/mol. The van der Waals surface area contributed by atoms with Crippen molar-refractivity contribution in [3.05, 3.63) is 53.6 Å². The van der Waals surface area contributed by atoms with E-state index in [1.54, 1.807) is 7.11 Å². The monoisotopic (exact) mass is 371 g/mol. The second-order valence-electron chi connectivity index (χ2n) is 7.08. The van der Waals surface area contributed by atoms with Crippen molar-refractivity contribution < 1.29 is 9.84 Å². The van der Waals surface area contributed by atoms with Gasteiger partial charge in [-0.25, -0.2) is 0 Å². The van der Waals surface area contributed by atoms with Crippen LogP contribution >= 0.6 is 11.8 Å². The number of rotatable bonds is 6. The predicted octanol–water partition coefficient (Wildman–Crippen LogP) is 5.52. The van der Waals surface area contributed by atoms with Crippen molar-refractivity contribution in [1.82, 2.24) is 5.32 Å². The third kappa shape index (κ3) is 3.86. The van der Waals surface area contributed by atoms with Crippen molar-refractivity contribution in [1.29, 1.82) is 0 Å². The summed E-state index contributed by atoms with van der Waals surface area (Å²) < 4.78 is 5.39. The number of phenolic OH excluding ortho intramolecular Hbond substituents is 1. The van der Waals surface area contributed by atoms with Gasteiger partial charge in [0.2, 0.25) is 0 Å². The van der Waals surface area contributed by atoms with Crippen molar-refractivity contribution >= 4 is 11.8 Å². The van der Waals surface area contributed by atoms with Gasteiger partial charge < -0.3 is 9.84 Å². The van der Waals surface area contributed by atoms with Crippen molar-refractivity contribution in [3.8, 4) is 11.5 Å². The highest BCUT2D eigenvalue weighted by Gasteiger charge is 2.36. The number of hydrogen-bond donors (Lipinski definition) is 2. The Kier molecular flexibility index (Phi) is 6.15. The standard InChI is InChI=1S/C22H29NO2S/c1-4-6-12-22(5-2)15-26-20-14-18(24)19(25-3)13-17(20)21(23-22)16-10-8-7-9-11-16/h7-11,13-14,21,23-24H,4-6,12,15H2,1-3H3/t21-,22-/m1/s1. The molecule has 2 N–H and O–H groups in total. The van der Waals surface area contributed by atoms with Gasteiger partial charge in [-0.05, 0) is 36.1 Å². The first kappa shape index (κ1) is 19.1. The van der Waals surface area contributed by atoms with Gasteiger partial charge in [0, 0.05) is 16.2 Å². The summed E-state index contributed by atoms with van der Waals surface area (Å²) in [5, 5.41) is 14.3. The topological polar surface area (TPSA) is 41.5 Å². The molecule has 0 aromatic heterocycles. The number of phenols is 1. The van der Waals surface area contributed by atoms with Gasteiger partial charge in [0.25, 0.3) is 0 Å². The summed E-state index contributed by atoms with van der Waals surface area (Å²) in [6.45, 7) is 4.53. The normalized spacial score (nSPS) is 22.5. The summed E-state index contributed by atoms with van der Waals surface area (Å²) in [6.07, 6.45) is 4.66. The molecule has 1 heterocycles. The molecule has 26 heavy (non-hydrogen) atoms. The van der Waals surface area contributed by atoms with Crippen LogP contribution in [0.15, 0.2) is 47.4 Å². The van der Waals surface area contributed by atoms with Crippen LogP contribution in [0, 0.1) is 0 Å². The maximum absolute atomic E-state index is 10.3. The molecule has 1 aliphatic heterocycles. The number of benzene rings is 2. The van der Waals surface area contributed by atoms with Crippen molar-refractivity contribution in [2.75, 3.05) is 12.9 Å². The Bertz CT molecular complexity index is 734. The van der Waals surface area contributed by atoms with Crippen LogP contribution in [-0.2, 0) is 0 Å². The SMILES string of the molecule is CCCC[C@]1(CC)CSc2cc(O)c(OC)cc2[C@@H](c2ccccc2)N1. The third-order valence-corrected chi connectivity index (χ3v) is 6.76. The first-order valence-corrected chi connectivity index (χ1v) is 10.5. The second-order valence-corrected chi connectivity index (χ2v) is 8.09. The van der Waals surface area contributed by atoms with Crippen LogP contribution in [0.1, 0.15) is 56.7 Å². The van der Waals surface area contributed by atoms with E-state index in [9.17, 15) is 5.11 Å². The number of thioether (sulfide) groups is 1. The molecular weight excluding hydrogens is 342 g/mol. The summed E-state index contributed by atoms with van der Waals surface area (Å²) in [4.78, 5) is 1.14. The molecule has 0 fully saturated rings. The van der Waals surface area contributed by atoms with Crippen LogP contribution in [-0.4, -0.2) is 23.5 Å². The van der Waals surface area contributed by atoms with E-state index in [2.05, 4.69) is 49.5 Å². The van der Waals surface area contributed by atoms with Crippen LogP contribution in [0.5, 0.6) is 11.5 Å². The summed E-state index contributed by atoms with van der Waals surface area (Å²) in [5.41, 5.74) is 2.52. The molecule has 0 unspecified atom stereocenters. The lowest BCUT2D eigenvalue weighted by Crippen LogP contribution is -2.48. The highest BCUT2D eigenvalue weighted by atomic mass is 32.2. The Morgan fingerprint density at radius 3 is 2.65 bits per heavy atom. The van der Waals surface area contributed by atoms with Gasteiger partial charge in [-0.15, -0.1) is 11.8 Å². The third-order valence-electron chi connectivity index (χ3n) is 5.40. The molecule has 0 radical (unpaired) electrons. The van der Waals surface area contributed by atoms with Crippen molar-refractivity contribution in [2.24, 2.45) is 0 Å². The minimum absolute atomic E-state index is 0.0864. The average Bonchev–Trinajstić information content (AvgIpc) is 2.84. The van der Waals surface area contributed by atoms with E-state index in [4.69, 9.17) is 4.74 Å². The summed E-state index contributed by atoms with van der Waals surface area (Å²) in [7, 11) is 1.60. The van der Waals surface area contributed by atoms with Gasteiger partial charge in [0.05, 0.1) is 13.2 Å². The van der Waals surface area contributed by atoms with Gasteiger partial charge >= 0.3 is 0 Å². The van der Waals surface area contributed by atoms with Crippen LogP contribution in [0.2, 0.25) is 0 Å². The van der Waals surface area contributed by atoms with E-state index >= 15 is 0 Å². The molecule has 0 amide bonds. The number of methoxy groups -OCH3 is 1. The first-order valence-electron chi connectivity index (χ1n) is 9.49. The number of hydrogen-bond acceptors (Lipinski definition) is 4. The molecule has 2 aromatic rings. The maximum Gasteiger partial charge on any atom is 0.160 e. The molecule has 0 bridgehead atoms. The lowest BCUT2D eigenvalue weighted by molar-refractivity contribution is 0.297. The van der Waals surface area contributed by atoms with Crippen LogP contribution in [0.25, 0.3) is 0 Å². The van der Waals surface area contributed by atoms with Gasteiger partial charge in [0.1, 0.15) is 0 Å². The fourth-order valence-electron chi connectivity index (χ4n) is 3.67. The molecule has 0 saturated heterocycles. The van der Waals surface area contributed by atoms with Crippen LogP contribution in [0.4, 0.5) is 0 Å². The molecule has 2 aromatic carbocycles. The number of aromatic hydroxyl groups is 1. The lowest BCUT2D eigenvalue weighted by Gasteiger charge is -2.36. The Morgan fingerprint density at radius 2 is 2.00 bits per heavy atom. The molecule has 140 valence electrons. The van der Waals surface area contributed by atoms with E-state index in [1.807, 2.05) is 23.9 Å². The summed E-state index contributed by atoms with van der Waals surface area (Å²) in [5.74, 6) is 1.75. The van der Waals surface area contributed by atoms with E-state index in [0.29, 0.717) is 5.75 Å². The highest BCUT2D eigenvalue weighted by molar-refractivity contribution is 7.99. The minimum Gasteiger partial charge on any atom is -0.504 e. The van der Waals surface area contributed by atoms with E-state index in [-0.39, 0.29) is 17.3 Å². The Morgan fingerprint density at radius 1 is 1.23 bits per heavy atom. The molecule has 0 saturated carbocycles. The van der Waals surface area contributed by atoms with Crippen LogP contribution < -0.4 is 10.1 Å². The Labute approximate surface area is 161 Å². The molecule has 3 nitrogen and oxygen atoms in total. The zero-order valence-electron chi connectivity index (χ0n) is 15.9.